The highest BCUT2D eigenvalue weighted by atomic mass is 19.4. The highest BCUT2D eigenvalue weighted by molar-refractivity contribution is 5.94. The summed E-state index contributed by atoms with van der Waals surface area (Å²) in [6.07, 6.45) is -1.64. The summed E-state index contributed by atoms with van der Waals surface area (Å²) in [5, 5.41) is 2.79. The highest BCUT2D eigenvalue weighted by Crippen LogP contribution is 2.22. The summed E-state index contributed by atoms with van der Waals surface area (Å²) in [5.41, 5.74) is 0.851. The molecule has 0 aliphatic carbocycles. The summed E-state index contributed by atoms with van der Waals surface area (Å²) in [6.45, 7) is 0.321. The first kappa shape index (κ1) is 21.1. The molecule has 0 aliphatic rings. The zero-order valence-corrected chi connectivity index (χ0v) is 15.9. The topological polar surface area (TPSA) is 73.3 Å². The fourth-order valence-corrected chi connectivity index (χ4v) is 2.48. The summed E-state index contributed by atoms with van der Waals surface area (Å²) in [5.74, 6) is 0.501. The third-order valence-corrected chi connectivity index (χ3v) is 3.91. The molecule has 0 bridgehead atoms. The second kappa shape index (κ2) is 9.25. The maximum atomic E-state index is 12.6. The van der Waals surface area contributed by atoms with Gasteiger partial charge in [0, 0.05) is 17.8 Å². The molecule has 1 atom stereocenters. The van der Waals surface area contributed by atoms with Gasteiger partial charge >= 0.3 is 6.18 Å². The van der Waals surface area contributed by atoms with Gasteiger partial charge < -0.3 is 14.8 Å². The molecule has 0 aliphatic heterocycles. The van der Waals surface area contributed by atoms with E-state index in [9.17, 15) is 18.0 Å². The van der Waals surface area contributed by atoms with E-state index in [1.807, 2.05) is 0 Å². The minimum Gasteiger partial charge on any atom is -0.483 e. The molecule has 0 saturated carbocycles. The van der Waals surface area contributed by atoms with Gasteiger partial charge in [-0.05, 0) is 43.3 Å². The van der Waals surface area contributed by atoms with Gasteiger partial charge in [0.1, 0.15) is 11.5 Å². The molecule has 1 unspecified atom stereocenters. The summed E-state index contributed by atoms with van der Waals surface area (Å²) in [7, 11) is 0. The van der Waals surface area contributed by atoms with E-state index in [0.29, 0.717) is 22.9 Å². The molecule has 0 saturated heterocycles. The lowest BCUT2D eigenvalue weighted by Crippen LogP contribution is -2.27. The maximum Gasteiger partial charge on any atom is 0.422 e. The number of rotatable bonds is 7. The Balaban J connectivity index is 1.60. The fourth-order valence-electron chi connectivity index (χ4n) is 2.48. The molecule has 9 heteroatoms. The van der Waals surface area contributed by atoms with E-state index < -0.39 is 18.8 Å². The molecule has 1 aromatic carbocycles. The Morgan fingerprint density at radius 1 is 1.07 bits per heavy atom. The van der Waals surface area contributed by atoms with E-state index in [2.05, 4.69) is 20.0 Å². The van der Waals surface area contributed by atoms with Crippen LogP contribution < -0.4 is 14.8 Å². The van der Waals surface area contributed by atoms with Crippen molar-refractivity contribution in [1.29, 1.82) is 0 Å². The van der Waals surface area contributed by atoms with E-state index in [1.165, 1.54) is 18.3 Å². The minimum atomic E-state index is -4.42. The van der Waals surface area contributed by atoms with Gasteiger partial charge in [-0.25, -0.2) is 4.98 Å². The van der Waals surface area contributed by atoms with Crippen molar-refractivity contribution in [3.8, 4) is 17.4 Å². The first-order valence-corrected chi connectivity index (χ1v) is 8.95. The van der Waals surface area contributed by atoms with Crippen molar-refractivity contribution in [2.45, 2.75) is 19.1 Å². The molecule has 2 heterocycles. The standard InChI is InChI=1S/C21H18F3N3O3/c1-14(18-9-8-17(12-26-18)29-13-21(22,23)24)27-20(28)15-5-4-6-16(11-15)30-19-7-2-3-10-25-19/h2-12,14H,13H2,1H3,(H,27,28). The van der Waals surface area contributed by atoms with E-state index in [0.717, 1.165) is 0 Å². The molecular formula is C21H18F3N3O3. The Bertz CT molecular complexity index is 980. The number of hydrogen-bond acceptors (Lipinski definition) is 5. The van der Waals surface area contributed by atoms with Crippen molar-refractivity contribution in [2.75, 3.05) is 6.61 Å². The average molecular weight is 417 g/mol. The number of amides is 1. The van der Waals surface area contributed by atoms with E-state index in [4.69, 9.17) is 4.74 Å². The van der Waals surface area contributed by atoms with Gasteiger partial charge in [-0.3, -0.25) is 9.78 Å². The van der Waals surface area contributed by atoms with Crippen LogP contribution in [0.25, 0.3) is 0 Å². The lowest BCUT2D eigenvalue weighted by molar-refractivity contribution is -0.153. The van der Waals surface area contributed by atoms with Gasteiger partial charge in [0.25, 0.3) is 5.91 Å². The zero-order valence-electron chi connectivity index (χ0n) is 15.9. The van der Waals surface area contributed by atoms with Crippen LogP contribution in [0.4, 0.5) is 13.2 Å². The Morgan fingerprint density at radius 2 is 1.90 bits per heavy atom. The van der Waals surface area contributed by atoms with E-state index in [1.54, 1.807) is 55.6 Å². The van der Waals surface area contributed by atoms with Crippen molar-refractivity contribution < 1.29 is 27.4 Å². The van der Waals surface area contributed by atoms with Crippen LogP contribution in [-0.4, -0.2) is 28.7 Å². The van der Waals surface area contributed by atoms with Gasteiger partial charge in [0.05, 0.1) is 17.9 Å². The fraction of sp³-hybridized carbons (Fsp3) is 0.190. The molecule has 156 valence electrons. The number of nitrogens with one attached hydrogen (secondary N) is 1. The van der Waals surface area contributed by atoms with Crippen LogP contribution in [0.3, 0.4) is 0 Å². The number of benzene rings is 1. The molecule has 3 aromatic rings. The lowest BCUT2D eigenvalue weighted by atomic mass is 10.1. The van der Waals surface area contributed by atoms with E-state index >= 15 is 0 Å². The second-order valence-corrected chi connectivity index (χ2v) is 6.32. The molecule has 0 fully saturated rings. The third kappa shape index (κ3) is 6.20. The number of ether oxygens (including phenoxy) is 2. The molecular weight excluding hydrogens is 399 g/mol. The Labute approximate surface area is 170 Å². The number of pyridine rings is 2. The molecule has 30 heavy (non-hydrogen) atoms. The molecule has 6 nitrogen and oxygen atoms in total. The van der Waals surface area contributed by atoms with Gasteiger partial charge in [0.15, 0.2) is 6.61 Å². The summed E-state index contributed by atoms with van der Waals surface area (Å²) in [6, 6.07) is 14.2. The lowest BCUT2D eigenvalue weighted by Gasteiger charge is -2.15. The number of carbonyl (C=O) groups excluding carboxylic acids is 1. The van der Waals surface area contributed by atoms with Gasteiger partial charge in [-0.1, -0.05) is 12.1 Å². The Hall–Kier alpha value is -3.62. The SMILES string of the molecule is CC(NC(=O)c1cccc(Oc2ccccn2)c1)c1ccc(OCC(F)(F)F)cn1. The van der Waals surface area contributed by atoms with Crippen molar-refractivity contribution in [2.24, 2.45) is 0 Å². The van der Waals surface area contributed by atoms with Crippen LogP contribution in [0.5, 0.6) is 17.4 Å². The predicted octanol–water partition coefficient (Wildman–Crippen LogP) is 4.70. The van der Waals surface area contributed by atoms with Crippen LogP contribution in [0.2, 0.25) is 0 Å². The number of hydrogen-bond donors (Lipinski definition) is 1. The van der Waals surface area contributed by atoms with Gasteiger partial charge in [0.2, 0.25) is 5.88 Å². The molecule has 1 N–H and O–H groups in total. The molecule has 0 spiro atoms. The minimum absolute atomic E-state index is 0.00558. The van der Waals surface area contributed by atoms with Crippen LogP contribution in [-0.2, 0) is 0 Å². The molecule has 2 aromatic heterocycles. The predicted molar refractivity (Wildman–Crippen MR) is 102 cm³/mol. The molecule has 3 rings (SSSR count). The monoisotopic (exact) mass is 417 g/mol. The largest absolute Gasteiger partial charge is 0.483 e. The van der Waals surface area contributed by atoms with Crippen LogP contribution in [0, 0.1) is 0 Å². The summed E-state index contributed by atoms with van der Waals surface area (Å²) in [4.78, 5) is 20.7. The highest BCUT2D eigenvalue weighted by Gasteiger charge is 2.28. The summed E-state index contributed by atoms with van der Waals surface area (Å²) >= 11 is 0. The number of aromatic nitrogens is 2. The van der Waals surface area contributed by atoms with Crippen LogP contribution in [0.1, 0.15) is 29.0 Å². The number of carbonyl (C=O) groups is 1. The maximum absolute atomic E-state index is 12.6. The number of nitrogens with zero attached hydrogens (tertiary/aromatic N) is 2. The van der Waals surface area contributed by atoms with Crippen molar-refractivity contribution in [3.63, 3.8) is 0 Å². The first-order valence-electron chi connectivity index (χ1n) is 8.95. The van der Waals surface area contributed by atoms with Crippen LogP contribution >= 0.6 is 0 Å². The number of alkyl halides is 3. The van der Waals surface area contributed by atoms with Crippen molar-refractivity contribution >= 4 is 5.91 Å². The quantitative estimate of drug-likeness (QED) is 0.603. The molecule has 0 radical (unpaired) electrons. The normalized spacial score (nSPS) is 12.1. The Morgan fingerprint density at radius 3 is 2.57 bits per heavy atom. The average Bonchev–Trinajstić information content (AvgIpc) is 2.73. The third-order valence-electron chi connectivity index (χ3n) is 3.91. The zero-order chi connectivity index (χ0) is 21.6. The second-order valence-electron chi connectivity index (χ2n) is 6.32. The smallest absolute Gasteiger partial charge is 0.422 e. The summed E-state index contributed by atoms with van der Waals surface area (Å²) < 4.78 is 46.8. The van der Waals surface area contributed by atoms with E-state index in [-0.39, 0.29) is 11.7 Å². The van der Waals surface area contributed by atoms with Gasteiger partial charge in [-0.15, -0.1) is 0 Å². The van der Waals surface area contributed by atoms with Gasteiger partial charge in [-0.2, -0.15) is 13.2 Å². The Kier molecular flexibility index (Phi) is 6.51. The van der Waals surface area contributed by atoms with Crippen molar-refractivity contribution in [3.05, 3.63) is 78.2 Å². The first-order chi connectivity index (χ1) is 14.3. The van der Waals surface area contributed by atoms with Crippen molar-refractivity contribution in [1.82, 2.24) is 15.3 Å². The molecule has 1 amide bonds. The number of halogens is 3. The van der Waals surface area contributed by atoms with Crippen LogP contribution in [0.15, 0.2) is 67.0 Å².